The lowest BCUT2D eigenvalue weighted by molar-refractivity contribution is -0.119. The largest absolute Gasteiger partial charge is 0.352 e. The molecule has 0 aliphatic heterocycles. The summed E-state index contributed by atoms with van der Waals surface area (Å²) in [5.74, 6) is 1.11. The maximum absolute atomic E-state index is 12.0. The van der Waals surface area contributed by atoms with Crippen LogP contribution in [0, 0.1) is 5.92 Å². The van der Waals surface area contributed by atoms with Crippen LogP contribution in [0.4, 0.5) is 0 Å². The smallest absolute Gasteiger partial charge is 0.230 e. The Morgan fingerprint density at radius 3 is 2.95 bits per heavy atom. The third-order valence-electron chi connectivity index (χ3n) is 3.89. The molecule has 0 bridgehead atoms. The third-order valence-corrected chi connectivity index (χ3v) is 4.84. The van der Waals surface area contributed by atoms with Gasteiger partial charge in [-0.1, -0.05) is 31.5 Å². The number of hydrogen-bond acceptors (Lipinski definition) is 4. The minimum Gasteiger partial charge on any atom is -0.352 e. The van der Waals surface area contributed by atoms with Crippen molar-refractivity contribution in [1.82, 2.24) is 20.1 Å². The van der Waals surface area contributed by atoms with Crippen molar-refractivity contribution in [2.75, 3.05) is 5.75 Å². The highest BCUT2D eigenvalue weighted by Gasteiger charge is 2.23. The first-order valence-corrected chi connectivity index (χ1v) is 8.38. The molecule has 1 aromatic heterocycles. The van der Waals surface area contributed by atoms with Crippen LogP contribution in [0.2, 0.25) is 0 Å². The molecule has 112 valence electrons. The summed E-state index contributed by atoms with van der Waals surface area (Å²) in [5, 5.41) is 12.0. The van der Waals surface area contributed by atoms with E-state index in [9.17, 15) is 4.79 Å². The first-order chi connectivity index (χ1) is 9.58. The van der Waals surface area contributed by atoms with Crippen LogP contribution in [0.25, 0.3) is 0 Å². The zero-order valence-corrected chi connectivity index (χ0v) is 13.3. The van der Waals surface area contributed by atoms with E-state index in [-0.39, 0.29) is 5.91 Å². The zero-order chi connectivity index (χ0) is 14.5. The fourth-order valence-corrected chi connectivity index (χ4v) is 3.45. The van der Waals surface area contributed by atoms with Crippen molar-refractivity contribution in [3.8, 4) is 0 Å². The van der Waals surface area contributed by atoms with E-state index in [0.717, 1.165) is 11.6 Å². The maximum Gasteiger partial charge on any atom is 0.230 e. The second kappa shape index (κ2) is 7.11. The van der Waals surface area contributed by atoms with Crippen molar-refractivity contribution in [2.45, 2.75) is 63.7 Å². The molecule has 20 heavy (non-hydrogen) atoms. The van der Waals surface area contributed by atoms with Gasteiger partial charge in [-0.05, 0) is 32.6 Å². The van der Waals surface area contributed by atoms with Crippen molar-refractivity contribution in [3.05, 3.63) is 6.33 Å². The Labute approximate surface area is 124 Å². The molecular weight excluding hydrogens is 272 g/mol. The fourth-order valence-electron chi connectivity index (χ4n) is 2.60. The molecule has 1 aliphatic rings. The predicted molar refractivity (Wildman–Crippen MR) is 80.7 cm³/mol. The SMILES string of the molecule is CC(C)n1cnnc1SCC(=O)N[C@@H]1CCCC[C@H]1C. The molecule has 1 aromatic rings. The molecular formula is C14H24N4OS. The Hall–Kier alpha value is -1.04. The molecule has 0 unspecified atom stereocenters. The van der Waals surface area contributed by atoms with Gasteiger partial charge in [0.15, 0.2) is 5.16 Å². The van der Waals surface area contributed by atoms with E-state index in [0.29, 0.717) is 23.8 Å². The third kappa shape index (κ3) is 3.98. The normalized spacial score (nSPS) is 23.0. The van der Waals surface area contributed by atoms with E-state index in [1.807, 2.05) is 4.57 Å². The summed E-state index contributed by atoms with van der Waals surface area (Å²) < 4.78 is 1.99. The van der Waals surface area contributed by atoms with E-state index >= 15 is 0 Å². The number of amides is 1. The van der Waals surface area contributed by atoms with E-state index in [1.54, 1.807) is 6.33 Å². The Morgan fingerprint density at radius 1 is 1.50 bits per heavy atom. The van der Waals surface area contributed by atoms with Crippen LogP contribution in [0.15, 0.2) is 11.5 Å². The van der Waals surface area contributed by atoms with Crippen LogP contribution in [-0.2, 0) is 4.79 Å². The second-order valence-electron chi connectivity index (χ2n) is 5.84. The molecule has 0 aromatic carbocycles. The van der Waals surface area contributed by atoms with Gasteiger partial charge in [0, 0.05) is 12.1 Å². The lowest BCUT2D eigenvalue weighted by atomic mass is 9.86. The molecule has 0 saturated heterocycles. The quantitative estimate of drug-likeness (QED) is 0.849. The molecule has 2 atom stereocenters. The Morgan fingerprint density at radius 2 is 2.25 bits per heavy atom. The van der Waals surface area contributed by atoms with E-state index < -0.39 is 0 Å². The monoisotopic (exact) mass is 296 g/mol. The standard InChI is InChI=1S/C14H24N4OS/c1-10(2)18-9-15-17-14(18)20-8-13(19)16-12-7-5-4-6-11(12)3/h9-12H,4-8H2,1-3H3,(H,16,19)/t11-,12-/m1/s1. The minimum absolute atomic E-state index is 0.104. The van der Waals surface area contributed by atoms with Gasteiger partial charge >= 0.3 is 0 Å². The number of nitrogens with zero attached hydrogens (tertiary/aromatic N) is 3. The number of thioether (sulfide) groups is 1. The predicted octanol–water partition coefficient (Wildman–Crippen LogP) is 2.65. The van der Waals surface area contributed by atoms with Crippen LogP contribution < -0.4 is 5.32 Å². The summed E-state index contributed by atoms with van der Waals surface area (Å²) >= 11 is 1.46. The average Bonchev–Trinajstić information content (AvgIpc) is 2.88. The fraction of sp³-hybridized carbons (Fsp3) is 0.786. The van der Waals surface area contributed by atoms with Crippen LogP contribution >= 0.6 is 11.8 Å². The molecule has 1 aliphatic carbocycles. The van der Waals surface area contributed by atoms with Crippen molar-refractivity contribution in [3.63, 3.8) is 0 Å². The lowest BCUT2D eigenvalue weighted by Crippen LogP contribution is -2.41. The van der Waals surface area contributed by atoms with Gasteiger partial charge in [-0.15, -0.1) is 10.2 Å². The number of hydrogen-bond donors (Lipinski definition) is 1. The first kappa shape index (κ1) is 15.4. The van der Waals surface area contributed by atoms with Crippen LogP contribution in [0.1, 0.15) is 52.5 Å². The van der Waals surface area contributed by atoms with Crippen LogP contribution in [-0.4, -0.2) is 32.5 Å². The summed E-state index contributed by atoms with van der Waals surface area (Å²) in [6.45, 7) is 6.39. The van der Waals surface area contributed by atoms with E-state index in [1.165, 1.54) is 31.0 Å². The molecule has 1 heterocycles. The van der Waals surface area contributed by atoms with Crippen molar-refractivity contribution < 1.29 is 4.79 Å². The molecule has 2 rings (SSSR count). The van der Waals surface area contributed by atoms with Gasteiger partial charge < -0.3 is 9.88 Å². The number of carbonyl (C=O) groups is 1. The van der Waals surface area contributed by atoms with E-state index in [4.69, 9.17) is 0 Å². The molecule has 0 spiro atoms. The summed E-state index contributed by atoms with van der Waals surface area (Å²) in [5.41, 5.74) is 0. The van der Waals surface area contributed by atoms with Gasteiger partial charge in [0.2, 0.25) is 5.91 Å². The van der Waals surface area contributed by atoms with Gasteiger partial charge in [-0.3, -0.25) is 4.79 Å². The van der Waals surface area contributed by atoms with Gasteiger partial charge in [0.25, 0.3) is 0 Å². The molecule has 6 heteroatoms. The summed E-state index contributed by atoms with van der Waals surface area (Å²) in [7, 11) is 0. The van der Waals surface area contributed by atoms with Gasteiger partial charge in [-0.2, -0.15) is 0 Å². The molecule has 1 amide bonds. The maximum atomic E-state index is 12.0. The highest BCUT2D eigenvalue weighted by Crippen LogP contribution is 2.24. The summed E-state index contributed by atoms with van der Waals surface area (Å²) in [6.07, 6.45) is 6.57. The van der Waals surface area contributed by atoms with Gasteiger partial charge in [-0.25, -0.2) is 0 Å². The Bertz CT molecular complexity index is 446. The Kier molecular flexibility index (Phi) is 5.46. The molecule has 0 radical (unpaired) electrons. The number of rotatable bonds is 5. The van der Waals surface area contributed by atoms with Gasteiger partial charge in [0.1, 0.15) is 6.33 Å². The van der Waals surface area contributed by atoms with E-state index in [2.05, 4.69) is 36.3 Å². The minimum atomic E-state index is 0.104. The number of aromatic nitrogens is 3. The molecule has 5 nitrogen and oxygen atoms in total. The highest BCUT2D eigenvalue weighted by molar-refractivity contribution is 7.99. The zero-order valence-electron chi connectivity index (χ0n) is 12.5. The second-order valence-corrected chi connectivity index (χ2v) is 6.78. The van der Waals surface area contributed by atoms with Crippen molar-refractivity contribution in [2.24, 2.45) is 5.92 Å². The summed E-state index contributed by atoms with van der Waals surface area (Å²) in [4.78, 5) is 12.0. The highest BCUT2D eigenvalue weighted by atomic mass is 32.2. The summed E-state index contributed by atoms with van der Waals surface area (Å²) in [6, 6.07) is 0.661. The van der Waals surface area contributed by atoms with Crippen molar-refractivity contribution >= 4 is 17.7 Å². The number of nitrogens with one attached hydrogen (secondary N) is 1. The molecule has 1 fully saturated rings. The topological polar surface area (TPSA) is 59.8 Å². The van der Waals surface area contributed by atoms with Crippen LogP contribution in [0.3, 0.4) is 0 Å². The van der Waals surface area contributed by atoms with Gasteiger partial charge in [0.05, 0.1) is 5.75 Å². The lowest BCUT2D eigenvalue weighted by Gasteiger charge is -2.29. The van der Waals surface area contributed by atoms with Crippen LogP contribution in [0.5, 0.6) is 0 Å². The first-order valence-electron chi connectivity index (χ1n) is 7.39. The average molecular weight is 296 g/mol. The number of carbonyl (C=O) groups excluding carboxylic acids is 1. The molecule has 1 saturated carbocycles. The Balaban J connectivity index is 1.81. The van der Waals surface area contributed by atoms with Crippen molar-refractivity contribution in [1.29, 1.82) is 0 Å². The molecule has 1 N–H and O–H groups in total.